The number of amides is 2. The van der Waals surface area contributed by atoms with Crippen LogP contribution in [0.15, 0.2) is 36.4 Å². The topological polar surface area (TPSA) is 144 Å². The summed E-state index contributed by atoms with van der Waals surface area (Å²) < 4.78 is 10.9. The molecule has 0 unspecified atom stereocenters. The van der Waals surface area contributed by atoms with E-state index in [0.717, 1.165) is 72.6 Å². The van der Waals surface area contributed by atoms with Crippen molar-refractivity contribution >= 4 is 12.2 Å². The maximum atomic E-state index is 12.2. The van der Waals surface area contributed by atoms with Gasteiger partial charge in [0.15, 0.2) is 0 Å². The number of nitriles is 1. The highest BCUT2D eigenvalue weighted by Crippen LogP contribution is 2.23. The number of carbonyl (C=O) groups excluding carboxylic acids is 2. The third kappa shape index (κ3) is 11.5. The molecular weight excluding hydrogens is 622 g/mol. The van der Waals surface area contributed by atoms with E-state index in [2.05, 4.69) is 54.7 Å². The van der Waals surface area contributed by atoms with Crippen molar-refractivity contribution in [1.82, 2.24) is 40.2 Å². The summed E-state index contributed by atoms with van der Waals surface area (Å²) >= 11 is 0. The minimum Gasteiger partial charge on any atom is -0.444 e. The molecule has 2 amide bonds. The maximum Gasteiger partial charge on any atom is 0.410 e. The molecule has 13 heteroatoms. The Morgan fingerprint density at radius 2 is 1.22 bits per heavy atom. The molecule has 2 saturated heterocycles. The molecule has 264 valence electrons. The average Bonchev–Trinajstić information content (AvgIpc) is 3.57. The van der Waals surface area contributed by atoms with Crippen molar-refractivity contribution in [2.24, 2.45) is 0 Å². The fourth-order valence-corrected chi connectivity index (χ4v) is 5.56. The minimum atomic E-state index is -0.463. The predicted octanol–water partition coefficient (Wildman–Crippen LogP) is 5.15. The number of hydrogen-bond donors (Lipinski definition) is 1. The third-order valence-corrected chi connectivity index (χ3v) is 8.07. The van der Waals surface area contributed by atoms with Gasteiger partial charge >= 0.3 is 12.2 Å². The summed E-state index contributed by atoms with van der Waals surface area (Å²) in [6, 6.07) is 14.5. The van der Waals surface area contributed by atoms with Crippen LogP contribution in [-0.2, 0) is 22.6 Å². The molecule has 2 aliphatic rings. The summed E-state index contributed by atoms with van der Waals surface area (Å²) in [6.07, 6.45) is -0.481. The molecule has 5 rings (SSSR count). The van der Waals surface area contributed by atoms with Crippen LogP contribution < -0.4 is 0 Å². The number of piperazine rings is 2. The van der Waals surface area contributed by atoms with Gasteiger partial charge in [0.05, 0.1) is 11.6 Å². The van der Waals surface area contributed by atoms with E-state index in [1.165, 1.54) is 0 Å². The van der Waals surface area contributed by atoms with Gasteiger partial charge in [0.25, 0.3) is 0 Å². The largest absolute Gasteiger partial charge is 0.444 e. The lowest BCUT2D eigenvalue weighted by molar-refractivity contribution is 0.0129. The molecule has 1 aromatic heterocycles. The second-order valence-electron chi connectivity index (χ2n) is 14.7. The number of aromatic nitrogens is 4. The van der Waals surface area contributed by atoms with Gasteiger partial charge in [-0.2, -0.15) is 10.5 Å². The van der Waals surface area contributed by atoms with Crippen molar-refractivity contribution in [3.05, 3.63) is 64.2 Å². The smallest absolute Gasteiger partial charge is 0.410 e. The van der Waals surface area contributed by atoms with E-state index < -0.39 is 11.2 Å². The lowest BCUT2D eigenvalue weighted by Gasteiger charge is -2.35. The van der Waals surface area contributed by atoms with Gasteiger partial charge in [-0.3, -0.25) is 9.80 Å². The van der Waals surface area contributed by atoms with Gasteiger partial charge in [-0.1, -0.05) is 29.8 Å². The van der Waals surface area contributed by atoms with Crippen LogP contribution in [0.5, 0.6) is 0 Å². The Bertz CT molecular complexity index is 1590. The highest BCUT2D eigenvalue weighted by Gasteiger charge is 2.27. The van der Waals surface area contributed by atoms with Crippen LogP contribution in [-0.4, -0.2) is 116 Å². The van der Waals surface area contributed by atoms with Crippen molar-refractivity contribution in [3.8, 4) is 17.5 Å². The molecule has 0 radical (unpaired) electrons. The predicted molar refractivity (Wildman–Crippen MR) is 186 cm³/mol. The zero-order valence-corrected chi connectivity index (χ0v) is 30.2. The van der Waals surface area contributed by atoms with E-state index in [1.807, 2.05) is 73.6 Å². The van der Waals surface area contributed by atoms with Gasteiger partial charge in [-0.05, 0) is 89.4 Å². The number of ether oxygens (including phenoxy) is 2. The van der Waals surface area contributed by atoms with Gasteiger partial charge in [-0.15, -0.1) is 10.2 Å². The van der Waals surface area contributed by atoms with Gasteiger partial charge in [0.2, 0.25) is 5.82 Å². The number of nitrogens with one attached hydrogen (secondary N) is 1. The van der Waals surface area contributed by atoms with Crippen LogP contribution >= 0.6 is 0 Å². The third-order valence-electron chi connectivity index (χ3n) is 8.07. The van der Waals surface area contributed by atoms with Crippen molar-refractivity contribution in [2.45, 2.75) is 79.7 Å². The number of rotatable bonds is 5. The van der Waals surface area contributed by atoms with Crippen LogP contribution in [0.2, 0.25) is 0 Å². The summed E-state index contributed by atoms with van der Waals surface area (Å²) in [4.78, 5) is 32.4. The number of tetrazole rings is 1. The van der Waals surface area contributed by atoms with Gasteiger partial charge in [0.1, 0.15) is 11.2 Å². The van der Waals surface area contributed by atoms with Crippen LogP contribution in [0.3, 0.4) is 0 Å². The monoisotopic (exact) mass is 673 g/mol. The molecule has 1 N–H and O–H groups in total. The quantitative estimate of drug-likeness (QED) is 0.386. The van der Waals surface area contributed by atoms with Crippen molar-refractivity contribution in [1.29, 1.82) is 5.26 Å². The molecule has 2 aliphatic heterocycles. The van der Waals surface area contributed by atoms with Gasteiger partial charge in [0, 0.05) is 71.0 Å². The number of aromatic amines is 1. The zero-order valence-electron chi connectivity index (χ0n) is 30.2. The molecular formula is C36H51N9O4. The number of aryl methyl sites for hydroxylation is 2. The van der Waals surface area contributed by atoms with E-state index in [1.54, 1.807) is 9.80 Å². The first-order valence-electron chi connectivity index (χ1n) is 16.8. The van der Waals surface area contributed by atoms with E-state index in [9.17, 15) is 14.9 Å². The molecule has 0 saturated carbocycles. The molecule has 3 heterocycles. The van der Waals surface area contributed by atoms with E-state index in [-0.39, 0.29) is 12.2 Å². The van der Waals surface area contributed by atoms with E-state index >= 15 is 0 Å². The van der Waals surface area contributed by atoms with E-state index in [4.69, 9.17) is 9.47 Å². The first-order valence-corrected chi connectivity index (χ1v) is 16.8. The lowest BCUT2D eigenvalue weighted by atomic mass is 10.0. The summed E-state index contributed by atoms with van der Waals surface area (Å²) in [6.45, 7) is 22.7. The second-order valence-corrected chi connectivity index (χ2v) is 14.7. The van der Waals surface area contributed by atoms with Crippen LogP contribution in [0, 0.1) is 25.2 Å². The first kappa shape index (κ1) is 37.3. The Morgan fingerprint density at radius 1 is 0.755 bits per heavy atom. The van der Waals surface area contributed by atoms with Gasteiger partial charge in [-0.25, -0.2) is 9.59 Å². The molecule has 2 aromatic carbocycles. The summed E-state index contributed by atoms with van der Waals surface area (Å²) in [7, 11) is 0. The van der Waals surface area contributed by atoms with Crippen LogP contribution in [0.1, 0.15) is 69.4 Å². The highest BCUT2D eigenvalue weighted by atomic mass is 16.6. The van der Waals surface area contributed by atoms with Crippen molar-refractivity contribution < 1.29 is 19.1 Å². The number of hydrogen-bond acceptors (Lipinski definition) is 10. The molecule has 0 bridgehead atoms. The standard InChI is InChI=1S/C18H26N6O2.C18H25N3O2/c1-13-5-6-14(15(11-13)16-19-21-22-20-16)12-23-7-9-24(10-8-23)17(25)26-18(2,3)4;1-14-5-6-15(16(11-14)12-19)13-20-7-9-21(10-8-20)17(22)23-18(2,3)4/h5-6,11H,7-10,12H2,1-4H3,(H,19,20,21,22);5-6,11H,7-10,13H2,1-4H3. The Hall–Kier alpha value is -4.54. The summed E-state index contributed by atoms with van der Waals surface area (Å²) in [5.74, 6) is 0.607. The first-order chi connectivity index (χ1) is 23.1. The fraction of sp³-hybridized carbons (Fsp3) is 0.556. The Labute approximate surface area is 290 Å². The molecule has 0 atom stereocenters. The van der Waals surface area contributed by atoms with Crippen molar-refractivity contribution in [2.75, 3.05) is 52.4 Å². The van der Waals surface area contributed by atoms with Crippen LogP contribution in [0.25, 0.3) is 11.4 Å². The maximum absolute atomic E-state index is 12.2. The Balaban J connectivity index is 0.000000223. The molecule has 3 aromatic rings. The minimum absolute atomic E-state index is 0.236. The summed E-state index contributed by atoms with van der Waals surface area (Å²) in [5.41, 5.74) is 5.26. The SMILES string of the molecule is Cc1ccc(CN2CCN(C(=O)OC(C)(C)C)CC2)c(-c2nn[nH]n2)c1.Cc1ccc(CN2CCN(C(=O)OC(C)(C)C)CC2)c(C#N)c1. The molecule has 2 fully saturated rings. The number of benzene rings is 2. The number of nitrogens with zero attached hydrogens (tertiary/aromatic N) is 8. The Kier molecular flexibility index (Phi) is 12.4. The molecule has 13 nitrogen and oxygen atoms in total. The number of carbonyl (C=O) groups is 2. The van der Waals surface area contributed by atoms with Crippen LogP contribution in [0.4, 0.5) is 9.59 Å². The second kappa shape index (κ2) is 16.2. The number of H-pyrrole nitrogens is 1. The van der Waals surface area contributed by atoms with Gasteiger partial charge < -0.3 is 19.3 Å². The highest BCUT2D eigenvalue weighted by molar-refractivity contribution is 5.68. The molecule has 0 spiro atoms. The molecule has 49 heavy (non-hydrogen) atoms. The van der Waals surface area contributed by atoms with Crippen molar-refractivity contribution in [3.63, 3.8) is 0 Å². The normalized spacial score (nSPS) is 16.0. The zero-order chi connectivity index (χ0) is 35.8. The lowest BCUT2D eigenvalue weighted by Crippen LogP contribution is -2.49. The Morgan fingerprint density at radius 3 is 1.67 bits per heavy atom. The molecule has 0 aliphatic carbocycles. The fourth-order valence-electron chi connectivity index (χ4n) is 5.56. The average molecular weight is 674 g/mol. The van der Waals surface area contributed by atoms with E-state index in [0.29, 0.717) is 32.0 Å². The summed E-state index contributed by atoms with van der Waals surface area (Å²) in [5, 5.41) is 23.7.